The molecule has 1 aromatic carbocycles. The van der Waals surface area contributed by atoms with Crippen LogP contribution in [-0.4, -0.2) is 22.5 Å². The zero-order valence-corrected chi connectivity index (χ0v) is 15.3. The third kappa shape index (κ3) is 2.95. The number of carbonyl (C=O) groups is 1. The highest BCUT2D eigenvalue weighted by molar-refractivity contribution is 5.98. The molecule has 0 bridgehead atoms. The number of fused-ring (bicyclic) bond motifs is 1. The summed E-state index contributed by atoms with van der Waals surface area (Å²) in [4.78, 5) is 17.0. The molecule has 0 spiro atoms. The number of para-hydroxylation sites is 1. The third-order valence-corrected chi connectivity index (χ3v) is 4.44. The van der Waals surface area contributed by atoms with Gasteiger partial charge in [0, 0.05) is 6.20 Å². The van der Waals surface area contributed by atoms with Gasteiger partial charge >= 0.3 is 5.97 Å². The van der Waals surface area contributed by atoms with Gasteiger partial charge in [0.2, 0.25) is 0 Å². The number of rotatable bonds is 4. The van der Waals surface area contributed by atoms with Crippen LogP contribution < -0.4 is 5.32 Å². The summed E-state index contributed by atoms with van der Waals surface area (Å²) in [6.07, 6.45) is 3.61. The number of aryl methyl sites for hydroxylation is 2. The van der Waals surface area contributed by atoms with Gasteiger partial charge in [0.25, 0.3) is 0 Å². The Bertz CT molecular complexity index is 1130. The lowest BCUT2D eigenvalue weighted by Crippen LogP contribution is -2.08. The number of esters is 1. The van der Waals surface area contributed by atoms with Gasteiger partial charge < -0.3 is 14.5 Å². The first-order valence-electron chi connectivity index (χ1n) is 8.56. The lowest BCUT2D eigenvalue weighted by molar-refractivity contribution is 0.0602. The summed E-state index contributed by atoms with van der Waals surface area (Å²) < 4.78 is 12.5. The third-order valence-electron chi connectivity index (χ3n) is 4.44. The second-order valence-corrected chi connectivity index (χ2v) is 6.34. The molecule has 6 heteroatoms. The van der Waals surface area contributed by atoms with Crippen molar-refractivity contribution in [2.75, 3.05) is 12.4 Å². The normalized spacial score (nSPS) is 10.9. The summed E-state index contributed by atoms with van der Waals surface area (Å²) in [7, 11) is 1.38. The van der Waals surface area contributed by atoms with Gasteiger partial charge in [-0.25, -0.2) is 9.78 Å². The second kappa shape index (κ2) is 6.64. The minimum Gasteiger partial charge on any atom is -0.465 e. The molecule has 0 unspecified atom stereocenters. The van der Waals surface area contributed by atoms with E-state index in [0.717, 1.165) is 22.6 Å². The molecule has 0 aliphatic rings. The highest BCUT2D eigenvalue weighted by atomic mass is 16.5. The molecule has 0 aliphatic heterocycles. The van der Waals surface area contributed by atoms with E-state index in [2.05, 4.69) is 5.32 Å². The highest BCUT2D eigenvalue weighted by Crippen LogP contribution is 2.34. The highest BCUT2D eigenvalue weighted by Gasteiger charge is 2.20. The molecule has 3 aromatic heterocycles. The number of nitrogens with one attached hydrogen (secondary N) is 1. The summed E-state index contributed by atoms with van der Waals surface area (Å²) >= 11 is 0. The number of furan rings is 1. The second-order valence-electron chi connectivity index (χ2n) is 6.34. The predicted molar refractivity (Wildman–Crippen MR) is 103 cm³/mol. The Morgan fingerprint density at radius 1 is 1.15 bits per heavy atom. The van der Waals surface area contributed by atoms with Crippen molar-refractivity contribution in [1.82, 2.24) is 9.38 Å². The van der Waals surface area contributed by atoms with Gasteiger partial charge in [0.05, 0.1) is 24.6 Å². The van der Waals surface area contributed by atoms with Crippen LogP contribution in [0.4, 0.5) is 11.5 Å². The monoisotopic (exact) mass is 361 g/mol. The average molecular weight is 361 g/mol. The van der Waals surface area contributed by atoms with Crippen molar-refractivity contribution in [1.29, 1.82) is 0 Å². The van der Waals surface area contributed by atoms with Crippen LogP contribution in [0, 0.1) is 13.8 Å². The minimum atomic E-state index is -0.397. The average Bonchev–Trinajstić information content (AvgIpc) is 3.31. The number of imidazole rings is 1. The molecule has 136 valence electrons. The molecule has 3 heterocycles. The molecule has 27 heavy (non-hydrogen) atoms. The minimum absolute atomic E-state index is 0.397. The van der Waals surface area contributed by atoms with Crippen LogP contribution in [0.2, 0.25) is 0 Å². The zero-order valence-electron chi connectivity index (χ0n) is 15.3. The molecule has 4 aromatic rings. The predicted octanol–water partition coefficient (Wildman–Crippen LogP) is 4.74. The maximum absolute atomic E-state index is 12.2. The maximum atomic E-state index is 12.2. The fourth-order valence-electron chi connectivity index (χ4n) is 3.09. The quantitative estimate of drug-likeness (QED) is 0.532. The smallest absolute Gasteiger partial charge is 0.339 e. The Morgan fingerprint density at radius 2 is 2.00 bits per heavy atom. The number of aromatic nitrogens is 2. The first-order valence-corrected chi connectivity index (χ1v) is 8.56. The molecular weight excluding hydrogens is 342 g/mol. The van der Waals surface area contributed by atoms with Gasteiger partial charge in [-0.05, 0) is 49.2 Å². The van der Waals surface area contributed by atoms with Crippen molar-refractivity contribution in [2.24, 2.45) is 0 Å². The topological polar surface area (TPSA) is 68.8 Å². The Morgan fingerprint density at radius 3 is 2.74 bits per heavy atom. The van der Waals surface area contributed by atoms with Gasteiger partial charge in [-0.1, -0.05) is 18.2 Å². The number of ether oxygens (including phenoxy) is 1. The van der Waals surface area contributed by atoms with E-state index in [4.69, 9.17) is 14.1 Å². The molecule has 0 aliphatic carbocycles. The SMILES string of the molecule is COC(=O)c1cccc(C)c1Nc1c(-c2ccco2)nc2ccc(C)cn12. The first-order chi connectivity index (χ1) is 13.1. The summed E-state index contributed by atoms with van der Waals surface area (Å²) in [6.45, 7) is 3.96. The Kier molecular flexibility index (Phi) is 4.16. The zero-order chi connectivity index (χ0) is 19.0. The molecule has 0 saturated heterocycles. The van der Waals surface area contributed by atoms with Gasteiger partial charge in [-0.15, -0.1) is 0 Å². The molecule has 0 fully saturated rings. The molecular formula is C21H19N3O3. The van der Waals surface area contributed by atoms with E-state index in [0.29, 0.717) is 22.7 Å². The summed E-state index contributed by atoms with van der Waals surface area (Å²) in [5.74, 6) is 0.973. The van der Waals surface area contributed by atoms with Crippen LogP contribution in [0.15, 0.2) is 59.3 Å². The van der Waals surface area contributed by atoms with E-state index in [9.17, 15) is 4.79 Å². The van der Waals surface area contributed by atoms with Crippen molar-refractivity contribution in [2.45, 2.75) is 13.8 Å². The molecule has 0 radical (unpaired) electrons. The summed E-state index contributed by atoms with van der Waals surface area (Å²) in [5, 5.41) is 3.40. The van der Waals surface area contributed by atoms with Crippen molar-refractivity contribution >= 4 is 23.1 Å². The van der Waals surface area contributed by atoms with Gasteiger partial charge in [0.1, 0.15) is 17.2 Å². The Labute approximate surface area is 156 Å². The van der Waals surface area contributed by atoms with Crippen LogP contribution in [0.5, 0.6) is 0 Å². The van der Waals surface area contributed by atoms with Crippen molar-refractivity contribution in [3.63, 3.8) is 0 Å². The number of hydrogen-bond donors (Lipinski definition) is 1. The van der Waals surface area contributed by atoms with Crippen LogP contribution >= 0.6 is 0 Å². The Hall–Kier alpha value is -3.54. The van der Waals surface area contributed by atoms with E-state index in [1.807, 2.05) is 60.8 Å². The van der Waals surface area contributed by atoms with Gasteiger partial charge in [0.15, 0.2) is 5.76 Å². The van der Waals surface area contributed by atoms with Crippen LogP contribution in [0.3, 0.4) is 0 Å². The van der Waals surface area contributed by atoms with Gasteiger partial charge in [-0.2, -0.15) is 0 Å². The van der Waals surface area contributed by atoms with Crippen molar-refractivity contribution in [3.8, 4) is 11.5 Å². The Balaban J connectivity index is 1.94. The van der Waals surface area contributed by atoms with E-state index in [1.54, 1.807) is 12.3 Å². The molecule has 1 N–H and O–H groups in total. The number of hydrogen-bond acceptors (Lipinski definition) is 5. The van der Waals surface area contributed by atoms with Crippen LogP contribution in [0.1, 0.15) is 21.5 Å². The largest absolute Gasteiger partial charge is 0.465 e. The molecule has 0 amide bonds. The molecule has 0 saturated carbocycles. The number of benzene rings is 1. The van der Waals surface area contributed by atoms with Crippen molar-refractivity contribution in [3.05, 3.63) is 71.6 Å². The maximum Gasteiger partial charge on any atom is 0.339 e. The standard InChI is InChI=1S/C21H19N3O3/c1-13-9-10-17-22-19(16-8-5-11-27-16)20(24(17)12-13)23-18-14(2)6-4-7-15(18)21(25)26-3/h4-12,23H,1-3H3. The summed E-state index contributed by atoms with van der Waals surface area (Å²) in [5.41, 5.74) is 4.61. The molecule has 6 nitrogen and oxygen atoms in total. The fraction of sp³-hybridized carbons (Fsp3) is 0.143. The van der Waals surface area contributed by atoms with E-state index < -0.39 is 5.97 Å². The van der Waals surface area contributed by atoms with Crippen molar-refractivity contribution < 1.29 is 13.9 Å². The lowest BCUT2D eigenvalue weighted by Gasteiger charge is -2.14. The number of methoxy groups -OCH3 is 1. The fourth-order valence-corrected chi connectivity index (χ4v) is 3.09. The lowest BCUT2D eigenvalue weighted by atomic mass is 10.1. The first kappa shape index (κ1) is 16.9. The van der Waals surface area contributed by atoms with Crippen LogP contribution in [-0.2, 0) is 4.74 Å². The van der Waals surface area contributed by atoms with E-state index in [-0.39, 0.29) is 0 Å². The number of anilines is 2. The number of pyridine rings is 1. The number of carbonyl (C=O) groups excluding carboxylic acids is 1. The van der Waals surface area contributed by atoms with E-state index >= 15 is 0 Å². The van der Waals surface area contributed by atoms with Gasteiger partial charge in [-0.3, -0.25) is 4.40 Å². The van der Waals surface area contributed by atoms with E-state index in [1.165, 1.54) is 7.11 Å². The van der Waals surface area contributed by atoms with Crippen LogP contribution in [0.25, 0.3) is 17.1 Å². The molecule has 4 rings (SSSR count). The summed E-state index contributed by atoms with van der Waals surface area (Å²) in [6, 6.07) is 13.1. The molecule has 0 atom stereocenters. The number of nitrogens with zero attached hydrogens (tertiary/aromatic N) is 2.